The molecule has 1 aromatic rings. The van der Waals surface area contributed by atoms with Gasteiger partial charge in [-0.05, 0) is 13.0 Å². The fraction of sp³-hybridized carbons (Fsp3) is 0.500. The molecule has 0 spiro atoms. The summed E-state index contributed by atoms with van der Waals surface area (Å²) in [5.41, 5.74) is 5.49. The summed E-state index contributed by atoms with van der Waals surface area (Å²) < 4.78 is 11.2. The molecule has 0 saturated carbocycles. The number of nitrogens with two attached hydrogens (primary N) is 1. The highest BCUT2D eigenvalue weighted by molar-refractivity contribution is 5.92. The fourth-order valence-corrected chi connectivity index (χ4v) is 1.76. The SMILES string of the molecule is CC1CNCC(COc2ccc(C(N)=O)cn2)O1. The normalized spacial score (nSPS) is 23.6. The molecular weight excluding hydrogens is 234 g/mol. The van der Waals surface area contributed by atoms with Gasteiger partial charge in [0, 0.05) is 25.4 Å². The summed E-state index contributed by atoms with van der Waals surface area (Å²) in [6, 6.07) is 3.22. The molecule has 2 rings (SSSR count). The molecule has 6 nitrogen and oxygen atoms in total. The molecule has 1 amide bonds. The standard InChI is InChI=1S/C12H17N3O3/c1-8-4-14-6-10(18-8)7-17-11-3-2-9(5-15-11)12(13)16/h2-3,5,8,10,14H,4,6-7H2,1H3,(H2,13,16). The van der Waals surface area contributed by atoms with Crippen LogP contribution in [0.5, 0.6) is 5.88 Å². The van der Waals surface area contributed by atoms with Crippen LogP contribution in [0, 0.1) is 0 Å². The molecule has 0 aromatic carbocycles. The number of hydrogen-bond acceptors (Lipinski definition) is 5. The number of morpholine rings is 1. The number of nitrogens with one attached hydrogen (secondary N) is 1. The van der Waals surface area contributed by atoms with Crippen LogP contribution in [0.25, 0.3) is 0 Å². The second-order valence-corrected chi connectivity index (χ2v) is 4.29. The van der Waals surface area contributed by atoms with Crippen LogP contribution in [-0.4, -0.2) is 42.8 Å². The van der Waals surface area contributed by atoms with Crippen molar-refractivity contribution in [2.45, 2.75) is 19.1 Å². The fourth-order valence-electron chi connectivity index (χ4n) is 1.76. The van der Waals surface area contributed by atoms with Crippen molar-refractivity contribution in [1.29, 1.82) is 0 Å². The highest BCUT2D eigenvalue weighted by Crippen LogP contribution is 2.09. The Morgan fingerprint density at radius 2 is 2.44 bits per heavy atom. The molecule has 1 fully saturated rings. The summed E-state index contributed by atoms with van der Waals surface area (Å²) in [4.78, 5) is 14.9. The molecule has 1 aromatic heterocycles. The number of rotatable bonds is 4. The van der Waals surface area contributed by atoms with Gasteiger partial charge in [-0.25, -0.2) is 4.98 Å². The molecule has 2 heterocycles. The predicted octanol–water partition coefficient (Wildman–Crippen LogP) is -0.0638. The van der Waals surface area contributed by atoms with Gasteiger partial charge in [-0.2, -0.15) is 0 Å². The van der Waals surface area contributed by atoms with Gasteiger partial charge in [-0.3, -0.25) is 4.79 Å². The van der Waals surface area contributed by atoms with Gasteiger partial charge in [0.15, 0.2) is 0 Å². The van der Waals surface area contributed by atoms with Gasteiger partial charge >= 0.3 is 0 Å². The summed E-state index contributed by atoms with van der Waals surface area (Å²) >= 11 is 0. The number of carbonyl (C=O) groups is 1. The van der Waals surface area contributed by atoms with Crippen molar-refractivity contribution in [3.63, 3.8) is 0 Å². The van der Waals surface area contributed by atoms with Crippen molar-refractivity contribution in [1.82, 2.24) is 10.3 Å². The third kappa shape index (κ3) is 3.41. The first-order chi connectivity index (χ1) is 8.65. The average molecular weight is 251 g/mol. The van der Waals surface area contributed by atoms with Gasteiger partial charge in [-0.1, -0.05) is 0 Å². The molecule has 0 aliphatic carbocycles. The number of amides is 1. The van der Waals surface area contributed by atoms with E-state index in [1.54, 1.807) is 12.1 Å². The van der Waals surface area contributed by atoms with Crippen LogP contribution >= 0.6 is 0 Å². The van der Waals surface area contributed by atoms with Crippen LogP contribution in [0.1, 0.15) is 17.3 Å². The van der Waals surface area contributed by atoms with Gasteiger partial charge in [0.2, 0.25) is 11.8 Å². The summed E-state index contributed by atoms with van der Waals surface area (Å²) in [5, 5.41) is 3.26. The van der Waals surface area contributed by atoms with Crippen LogP contribution in [0.4, 0.5) is 0 Å². The van der Waals surface area contributed by atoms with Gasteiger partial charge in [0.05, 0.1) is 11.7 Å². The number of primary amides is 1. The molecule has 6 heteroatoms. The zero-order valence-corrected chi connectivity index (χ0v) is 10.3. The molecule has 0 bridgehead atoms. The lowest BCUT2D eigenvalue weighted by atomic mass is 10.2. The van der Waals surface area contributed by atoms with E-state index in [-0.39, 0.29) is 12.2 Å². The van der Waals surface area contributed by atoms with Crippen LogP contribution in [0.2, 0.25) is 0 Å². The Morgan fingerprint density at radius 3 is 3.06 bits per heavy atom. The van der Waals surface area contributed by atoms with Gasteiger partial charge < -0.3 is 20.5 Å². The van der Waals surface area contributed by atoms with E-state index in [1.807, 2.05) is 6.92 Å². The Morgan fingerprint density at radius 1 is 1.61 bits per heavy atom. The monoisotopic (exact) mass is 251 g/mol. The van der Waals surface area contributed by atoms with Crippen LogP contribution in [-0.2, 0) is 4.74 Å². The van der Waals surface area contributed by atoms with Gasteiger partial charge in [0.1, 0.15) is 12.7 Å². The first kappa shape index (κ1) is 12.8. The van der Waals surface area contributed by atoms with Crippen LogP contribution in [0.3, 0.4) is 0 Å². The summed E-state index contributed by atoms with van der Waals surface area (Å²) in [7, 11) is 0. The van der Waals surface area contributed by atoms with Crippen molar-refractivity contribution < 1.29 is 14.3 Å². The average Bonchev–Trinajstić information content (AvgIpc) is 2.37. The second-order valence-electron chi connectivity index (χ2n) is 4.29. The number of hydrogen-bond donors (Lipinski definition) is 2. The van der Waals surface area contributed by atoms with Crippen molar-refractivity contribution in [3.05, 3.63) is 23.9 Å². The minimum absolute atomic E-state index is 0.0198. The van der Waals surface area contributed by atoms with Crippen molar-refractivity contribution in [3.8, 4) is 5.88 Å². The molecule has 0 radical (unpaired) electrons. The van der Waals surface area contributed by atoms with Gasteiger partial charge in [0.25, 0.3) is 0 Å². The molecule has 3 N–H and O–H groups in total. The zero-order chi connectivity index (χ0) is 13.0. The van der Waals surface area contributed by atoms with E-state index in [0.717, 1.165) is 13.1 Å². The Labute approximate surface area is 105 Å². The van der Waals surface area contributed by atoms with Crippen LogP contribution < -0.4 is 15.8 Å². The smallest absolute Gasteiger partial charge is 0.250 e. The van der Waals surface area contributed by atoms with Gasteiger partial charge in [-0.15, -0.1) is 0 Å². The maximum Gasteiger partial charge on any atom is 0.250 e. The molecule has 1 saturated heterocycles. The van der Waals surface area contributed by atoms with E-state index >= 15 is 0 Å². The highest BCUT2D eigenvalue weighted by atomic mass is 16.5. The Bertz CT molecular complexity index is 408. The van der Waals surface area contributed by atoms with Crippen molar-refractivity contribution in [2.24, 2.45) is 5.73 Å². The highest BCUT2D eigenvalue weighted by Gasteiger charge is 2.19. The number of aromatic nitrogens is 1. The molecule has 98 valence electrons. The molecule has 2 atom stereocenters. The lowest BCUT2D eigenvalue weighted by Crippen LogP contribution is -2.45. The van der Waals surface area contributed by atoms with Crippen molar-refractivity contribution >= 4 is 5.91 Å². The number of carbonyl (C=O) groups excluding carboxylic acids is 1. The maximum absolute atomic E-state index is 10.9. The third-order valence-corrected chi connectivity index (χ3v) is 2.67. The minimum atomic E-state index is -0.498. The molecule has 18 heavy (non-hydrogen) atoms. The van der Waals surface area contributed by atoms with Crippen molar-refractivity contribution in [2.75, 3.05) is 19.7 Å². The van der Waals surface area contributed by atoms with E-state index in [9.17, 15) is 4.79 Å². The van der Waals surface area contributed by atoms with E-state index < -0.39 is 5.91 Å². The van der Waals surface area contributed by atoms with Crippen LogP contribution in [0.15, 0.2) is 18.3 Å². The Balaban J connectivity index is 1.84. The maximum atomic E-state index is 10.9. The largest absolute Gasteiger partial charge is 0.475 e. The Hall–Kier alpha value is -1.66. The number of pyridine rings is 1. The lowest BCUT2D eigenvalue weighted by Gasteiger charge is -2.28. The quantitative estimate of drug-likeness (QED) is 0.782. The Kier molecular flexibility index (Phi) is 4.11. The topological polar surface area (TPSA) is 86.5 Å². The lowest BCUT2D eigenvalue weighted by molar-refractivity contribution is -0.0476. The number of ether oxygens (including phenoxy) is 2. The third-order valence-electron chi connectivity index (χ3n) is 2.67. The number of nitrogens with zero attached hydrogens (tertiary/aromatic N) is 1. The zero-order valence-electron chi connectivity index (χ0n) is 10.3. The summed E-state index contributed by atoms with van der Waals surface area (Å²) in [5.74, 6) is -0.0375. The first-order valence-corrected chi connectivity index (χ1v) is 5.90. The second kappa shape index (κ2) is 5.79. The van der Waals surface area contributed by atoms with E-state index in [0.29, 0.717) is 18.1 Å². The predicted molar refractivity (Wildman–Crippen MR) is 65.5 cm³/mol. The molecular formula is C12H17N3O3. The summed E-state index contributed by atoms with van der Waals surface area (Å²) in [6.45, 7) is 4.07. The molecule has 1 aliphatic heterocycles. The molecule has 1 aliphatic rings. The van der Waals surface area contributed by atoms with E-state index in [1.165, 1.54) is 6.20 Å². The van der Waals surface area contributed by atoms with E-state index in [4.69, 9.17) is 15.2 Å². The van der Waals surface area contributed by atoms with E-state index in [2.05, 4.69) is 10.3 Å². The minimum Gasteiger partial charge on any atom is -0.475 e. The first-order valence-electron chi connectivity index (χ1n) is 5.90. The molecule has 2 unspecified atom stereocenters. The summed E-state index contributed by atoms with van der Waals surface area (Å²) in [6.07, 6.45) is 1.62.